The Balaban J connectivity index is 2.27. The first-order chi connectivity index (χ1) is 39.5. The minimum atomic E-state index is 0.291. The molecule has 0 atom stereocenters. The second-order valence-corrected chi connectivity index (χ2v) is 21.4. The number of aliphatic imine (C=N–C) groups is 2. The molecule has 3 aromatic carbocycles. The average Bonchev–Trinajstić information content (AvgIpc) is 3.47. The van der Waals surface area contributed by atoms with E-state index in [1.54, 1.807) is 0 Å². The highest BCUT2D eigenvalue weighted by Gasteiger charge is 2.16. The molecule has 3 aromatic rings. The molecule has 0 saturated carbocycles. The number of ether oxygens (including phenoxy) is 6. The molecule has 3 rings (SSSR count). The van der Waals surface area contributed by atoms with Crippen molar-refractivity contribution in [3.8, 4) is 59.2 Å². The van der Waals surface area contributed by atoms with E-state index in [2.05, 4.69) is 124 Å². The van der Waals surface area contributed by atoms with Gasteiger partial charge in [0.05, 0.1) is 52.7 Å². The van der Waals surface area contributed by atoms with Gasteiger partial charge in [-0.25, -0.2) is 0 Å². The molecule has 80 heavy (non-hydrogen) atoms. The van der Waals surface area contributed by atoms with Crippen molar-refractivity contribution < 1.29 is 28.4 Å². The summed E-state index contributed by atoms with van der Waals surface area (Å²) in [6.07, 6.45) is 58.0. The van der Waals surface area contributed by atoms with Gasteiger partial charge in [0.1, 0.15) is 34.5 Å². The van der Waals surface area contributed by atoms with E-state index < -0.39 is 0 Å². The highest BCUT2D eigenvalue weighted by atomic mass is 16.5. The monoisotopic (exact) mass is 1100 g/mol. The highest BCUT2D eigenvalue weighted by molar-refractivity contribution is 5.88. The average molecular weight is 1100 g/mol. The van der Waals surface area contributed by atoms with Crippen molar-refractivity contribution in [1.29, 1.82) is 0 Å². The SMILES string of the molecule is C#CCN=Cc1cc(OCCCCCCC)c(/C=C/c2cc(OCCCCCCC)c(/C=C/c3cc(OCCCCCCC)c(C=NCC#C)cc3OCCCCCCC)cc2OCCCCCCC)cc1OCCCCCCC. The molecule has 442 valence electrons. The van der Waals surface area contributed by atoms with E-state index in [1.807, 2.05) is 12.4 Å². The molecule has 0 aliphatic rings. The minimum absolute atomic E-state index is 0.291. The second kappa shape index (κ2) is 47.1. The molecular weight excluding hydrogens is 989 g/mol. The Morgan fingerprint density at radius 2 is 0.475 bits per heavy atom. The molecule has 0 fully saturated rings. The molecule has 0 N–H and O–H groups in total. The Bertz CT molecular complexity index is 2120. The zero-order valence-electron chi connectivity index (χ0n) is 51.3. The van der Waals surface area contributed by atoms with Crippen LogP contribution in [0.2, 0.25) is 0 Å². The van der Waals surface area contributed by atoms with Crippen molar-refractivity contribution in [2.24, 2.45) is 9.98 Å². The number of benzene rings is 3. The van der Waals surface area contributed by atoms with Crippen LogP contribution < -0.4 is 28.4 Å². The number of nitrogens with zero attached hydrogens (tertiary/aromatic N) is 2. The fraction of sp³-hybridized carbons (Fsp3) is 0.611. The molecule has 0 spiro atoms. The van der Waals surface area contributed by atoms with Crippen molar-refractivity contribution in [3.63, 3.8) is 0 Å². The Morgan fingerprint density at radius 3 is 0.675 bits per heavy atom. The molecule has 0 radical (unpaired) electrons. The topological polar surface area (TPSA) is 80.1 Å². The number of rotatable bonds is 50. The maximum atomic E-state index is 6.83. The van der Waals surface area contributed by atoms with E-state index in [0.29, 0.717) is 52.7 Å². The van der Waals surface area contributed by atoms with E-state index in [1.165, 1.54) is 116 Å². The van der Waals surface area contributed by atoms with Gasteiger partial charge in [-0.05, 0) is 74.9 Å². The summed E-state index contributed by atoms with van der Waals surface area (Å²) in [5, 5.41) is 0. The van der Waals surface area contributed by atoms with Crippen LogP contribution in [-0.4, -0.2) is 65.2 Å². The van der Waals surface area contributed by atoms with Crippen LogP contribution in [0, 0.1) is 24.7 Å². The summed E-state index contributed by atoms with van der Waals surface area (Å²) in [5.41, 5.74) is 5.42. The van der Waals surface area contributed by atoms with E-state index in [-0.39, 0.29) is 0 Å². The van der Waals surface area contributed by atoms with Crippen LogP contribution in [0.1, 0.15) is 268 Å². The summed E-state index contributed by atoms with van der Waals surface area (Å²) in [5.74, 6) is 9.97. The quantitative estimate of drug-likeness (QED) is 0.0243. The van der Waals surface area contributed by atoms with Gasteiger partial charge in [0, 0.05) is 45.8 Å². The van der Waals surface area contributed by atoms with Crippen LogP contribution in [0.5, 0.6) is 34.5 Å². The van der Waals surface area contributed by atoms with Crippen molar-refractivity contribution in [1.82, 2.24) is 0 Å². The normalized spacial score (nSPS) is 11.6. The molecule has 0 aliphatic carbocycles. The first kappa shape index (κ1) is 68.7. The molecule has 0 saturated heterocycles. The molecule has 0 amide bonds. The zero-order valence-corrected chi connectivity index (χ0v) is 51.3. The fourth-order valence-electron chi connectivity index (χ4n) is 9.33. The summed E-state index contributed by atoms with van der Waals surface area (Å²) in [4.78, 5) is 9.09. The number of hydrogen-bond acceptors (Lipinski definition) is 8. The lowest BCUT2D eigenvalue weighted by Gasteiger charge is -2.17. The Hall–Kier alpha value is -5.60. The van der Waals surface area contributed by atoms with Crippen LogP contribution in [0.3, 0.4) is 0 Å². The lowest BCUT2D eigenvalue weighted by atomic mass is 10.0. The van der Waals surface area contributed by atoms with Crippen molar-refractivity contribution >= 4 is 36.7 Å². The smallest absolute Gasteiger partial charge is 0.128 e. The molecule has 0 unspecified atom stereocenters. The van der Waals surface area contributed by atoms with Gasteiger partial charge in [-0.3, -0.25) is 9.98 Å². The molecule has 0 heterocycles. The van der Waals surface area contributed by atoms with Crippen molar-refractivity contribution in [2.75, 3.05) is 52.7 Å². The molecule has 8 heteroatoms. The molecule has 8 nitrogen and oxygen atoms in total. The summed E-state index contributed by atoms with van der Waals surface area (Å²) < 4.78 is 40.1. The van der Waals surface area contributed by atoms with Crippen LogP contribution in [0.15, 0.2) is 46.4 Å². The molecular formula is C72H108N2O6. The van der Waals surface area contributed by atoms with Gasteiger partial charge < -0.3 is 28.4 Å². The largest absolute Gasteiger partial charge is 0.493 e. The van der Waals surface area contributed by atoms with Gasteiger partial charge in [-0.15, -0.1) is 12.8 Å². The van der Waals surface area contributed by atoms with E-state index >= 15 is 0 Å². The minimum Gasteiger partial charge on any atom is -0.493 e. The van der Waals surface area contributed by atoms with Crippen LogP contribution in [0.25, 0.3) is 24.3 Å². The van der Waals surface area contributed by atoms with E-state index in [9.17, 15) is 0 Å². The van der Waals surface area contributed by atoms with Gasteiger partial charge >= 0.3 is 0 Å². The number of unbranched alkanes of at least 4 members (excludes halogenated alkanes) is 24. The second-order valence-electron chi connectivity index (χ2n) is 21.4. The van der Waals surface area contributed by atoms with Crippen LogP contribution in [0.4, 0.5) is 0 Å². The molecule has 0 bridgehead atoms. The number of terminal acetylenes is 2. The maximum Gasteiger partial charge on any atom is 0.128 e. The van der Waals surface area contributed by atoms with Crippen molar-refractivity contribution in [2.45, 2.75) is 234 Å². The highest BCUT2D eigenvalue weighted by Crippen LogP contribution is 2.37. The first-order valence-corrected chi connectivity index (χ1v) is 32.0. The van der Waals surface area contributed by atoms with Gasteiger partial charge in [0.15, 0.2) is 0 Å². The van der Waals surface area contributed by atoms with Crippen molar-refractivity contribution in [3.05, 3.63) is 69.8 Å². The van der Waals surface area contributed by atoms with Gasteiger partial charge in [0.25, 0.3) is 0 Å². The fourth-order valence-corrected chi connectivity index (χ4v) is 9.33. The zero-order chi connectivity index (χ0) is 57.4. The lowest BCUT2D eigenvalue weighted by Crippen LogP contribution is -2.04. The Labute approximate surface area is 488 Å². The van der Waals surface area contributed by atoms with Gasteiger partial charge in [0.2, 0.25) is 0 Å². The third-order valence-corrected chi connectivity index (χ3v) is 14.2. The van der Waals surface area contributed by atoms with Gasteiger partial charge in [-0.1, -0.05) is 232 Å². The summed E-state index contributed by atoms with van der Waals surface area (Å²) >= 11 is 0. The first-order valence-electron chi connectivity index (χ1n) is 32.0. The Kier molecular flexibility index (Phi) is 40.4. The molecule has 0 aromatic heterocycles. The van der Waals surface area contributed by atoms with E-state index in [0.717, 1.165) is 145 Å². The van der Waals surface area contributed by atoms with Crippen LogP contribution in [-0.2, 0) is 0 Å². The van der Waals surface area contributed by atoms with Crippen LogP contribution >= 0.6 is 0 Å². The predicted molar refractivity (Wildman–Crippen MR) is 345 cm³/mol. The van der Waals surface area contributed by atoms with Gasteiger partial charge in [-0.2, -0.15) is 0 Å². The summed E-state index contributed by atoms with van der Waals surface area (Å²) in [7, 11) is 0. The maximum absolute atomic E-state index is 6.83. The third kappa shape index (κ3) is 30.3. The van der Waals surface area contributed by atoms with E-state index in [4.69, 9.17) is 41.3 Å². The summed E-state index contributed by atoms with van der Waals surface area (Å²) in [6.45, 7) is 17.8. The molecule has 0 aliphatic heterocycles. The lowest BCUT2D eigenvalue weighted by molar-refractivity contribution is 0.295. The Morgan fingerprint density at radius 1 is 0.287 bits per heavy atom. The third-order valence-electron chi connectivity index (χ3n) is 14.2. The predicted octanol–water partition coefficient (Wildman–Crippen LogP) is 20.2. The number of hydrogen-bond donors (Lipinski definition) is 0. The standard InChI is InChI=1S/C72H108N2O6/c1-9-17-23-29-35-47-75-67-53-62(42-44-64-56-72(80-52-40-34-28-22-14-6)66(60-74-46-16-8)58-70(64)78-50-38-32-26-20-12-4)68(76-48-36-30-24-18-10-2)54-61(67)41-43-63-55-71(79-51-39-33-27-21-13-5)65(59-73-45-15-7)57-69(63)77-49-37-31-25-19-11-3/h7-8,41-44,53-60H,9-14,17-40,45-52H2,1-6H3/b43-41+,44-42+,73-59?,74-60?. The summed E-state index contributed by atoms with van der Waals surface area (Å²) in [6, 6.07) is 12.7.